The van der Waals surface area contributed by atoms with E-state index in [4.69, 9.17) is 19.4 Å². The van der Waals surface area contributed by atoms with E-state index in [0.29, 0.717) is 17.5 Å². The molecule has 3 heterocycles. The molecule has 9 rings (SSSR count). The van der Waals surface area contributed by atoms with Crippen molar-refractivity contribution in [1.82, 2.24) is 19.5 Å². The predicted molar refractivity (Wildman–Crippen MR) is 178 cm³/mol. The summed E-state index contributed by atoms with van der Waals surface area (Å²) in [6.45, 7) is 0. The molecule has 0 bridgehead atoms. The van der Waals surface area contributed by atoms with Crippen molar-refractivity contribution in [2.45, 2.75) is 0 Å². The second kappa shape index (κ2) is 9.75. The molecule has 0 saturated carbocycles. The molecule has 0 spiro atoms. The first-order chi connectivity index (χ1) is 21.8. The van der Waals surface area contributed by atoms with Gasteiger partial charge in [-0.15, -0.1) is 0 Å². The summed E-state index contributed by atoms with van der Waals surface area (Å²) in [4.78, 5) is 15.1. The number of hydrogen-bond donors (Lipinski definition) is 0. The zero-order valence-corrected chi connectivity index (χ0v) is 23.6. The number of nitrogens with zero attached hydrogens (tertiary/aromatic N) is 4. The fraction of sp³-hybridized carbons (Fsp3) is 0. The van der Waals surface area contributed by atoms with Gasteiger partial charge in [0, 0.05) is 43.9 Å². The molecule has 0 N–H and O–H groups in total. The Morgan fingerprint density at radius 1 is 0.386 bits per heavy atom. The van der Waals surface area contributed by atoms with Gasteiger partial charge < -0.3 is 8.98 Å². The van der Waals surface area contributed by atoms with Crippen LogP contribution in [-0.4, -0.2) is 19.5 Å². The van der Waals surface area contributed by atoms with Crippen LogP contribution in [0, 0.1) is 0 Å². The molecular weight excluding hydrogens is 540 g/mol. The van der Waals surface area contributed by atoms with Gasteiger partial charge in [0.1, 0.15) is 11.2 Å². The predicted octanol–water partition coefficient (Wildman–Crippen LogP) is 9.87. The van der Waals surface area contributed by atoms with E-state index in [1.54, 1.807) is 0 Å². The molecule has 0 aliphatic heterocycles. The van der Waals surface area contributed by atoms with E-state index >= 15 is 0 Å². The fourth-order valence-corrected chi connectivity index (χ4v) is 6.18. The summed E-state index contributed by atoms with van der Waals surface area (Å²) in [5.74, 6) is 1.87. The number of benzene rings is 6. The summed E-state index contributed by atoms with van der Waals surface area (Å²) in [5.41, 5.74) is 7.84. The third-order valence-corrected chi connectivity index (χ3v) is 8.25. The van der Waals surface area contributed by atoms with Crippen molar-refractivity contribution in [2.75, 3.05) is 0 Å². The molecule has 0 radical (unpaired) electrons. The third-order valence-electron chi connectivity index (χ3n) is 8.25. The first-order valence-electron chi connectivity index (χ1n) is 14.6. The van der Waals surface area contributed by atoms with Crippen LogP contribution in [0.25, 0.3) is 83.6 Å². The molecule has 5 nitrogen and oxygen atoms in total. The minimum atomic E-state index is 0.615. The van der Waals surface area contributed by atoms with Crippen molar-refractivity contribution < 1.29 is 4.42 Å². The van der Waals surface area contributed by atoms with Crippen LogP contribution in [0.15, 0.2) is 150 Å². The minimum Gasteiger partial charge on any atom is -0.456 e. The van der Waals surface area contributed by atoms with E-state index in [1.807, 2.05) is 66.7 Å². The quantitative estimate of drug-likeness (QED) is 0.213. The molecule has 0 atom stereocenters. The van der Waals surface area contributed by atoms with Crippen LogP contribution in [0.5, 0.6) is 0 Å². The second-order valence-electron chi connectivity index (χ2n) is 10.9. The van der Waals surface area contributed by atoms with Gasteiger partial charge in [-0.25, -0.2) is 15.0 Å². The summed E-state index contributed by atoms with van der Waals surface area (Å²) in [5, 5.41) is 4.50. The van der Waals surface area contributed by atoms with E-state index in [1.165, 1.54) is 10.8 Å². The van der Waals surface area contributed by atoms with Crippen LogP contribution in [0.2, 0.25) is 0 Å². The topological polar surface area (TPSA) is 56.7 Å². The molecule has 3 aromatic heterocycles. The van der Waals surface area contributed by atoms with Crippen molar-refractivity contribution in [1.29, 1.82) is 0 Å². The number of para-hydroxylation sites is 3. The van der Waals surface area contributed by atoms with Crippen molar-refractivity contribution in [3.8, 4) is 39.9 Å². The SMILES string of the molecule is c1ccc(-c2nc(-c3ccc4oc5ccccc5c4c3)nc(-c3ccc4c5ccccc5n(-c5ccccc5)c4c3)n2)cc1. The highest BCUT2D eigenvalue weighted by atomic mass is 16.3. The van der Waals surface area contributed by atoms with Gasteiger partial charge in [-0.1, -0.05) is 97.1 Å². The number of rotatable bonds is 4. The van der Waals surface area contributed by atoms with Crippen LogP contribution < -0.4 is 0 Å². The Morgan fingerprint density at radius 3 is 1.75 bits per heavy atom. The van der Waals surface area contributed by atoms with Gasteiger partial charge in [0.15, 0.2) is 17.5 Å². The van der Waals surface area contributed by atoms with Gasteiger partial charge in [-0.05, 0) is 48.5 Å². The van der Waals surface area contributed by atoms with Crippen molar-refractivity contribution in [2.24, 2.45) is 0 Å². The number of furan rings is 1. The van der Waals surface area contributed by atoms with Crippen molar-refractivity contribution in [3.63, 3.8) is 0 Å². The molecule has 9 aromatic rings. The maximum Gasteiger partial charge on any atom is 0.164 e. The van der Waals surface area contributed by atoms with Gasteiger partial charge in [0.2, 0.25) is 0 Å². The lowest BCUT2D eigenvalue weighted by Crippen LogP contribution is -2.00. The molecule has 0 saturated heterocycles. The normalized spacial score (nSPS) is 11.6. The Labute approximate surface area is 252 Å². The Balaban J connectivity index is 1.28. The fourth-order valence-electron chi connectivity index (χ4n) is 6.18. The number of fused-ring (bicyclic) bond motifs is 6. The summed E-state index contributed by atoms with van der Waals surface area (Å²) in [6.07, 6.45) is 0. The molecule has 0 aliphatic rings. The van der Waals surface area contributed by atoms with Crippen molar-refractivity contribution in [3.05, 3.63) is 146 Å². The van der Waals surface area contributed by atoms with Gasteiger partial charge in [0.05, 0.1) is 11.0 Å². The standard InChI is InChI=1S/C39H24N4O/c1-3-11-25(12-4-1)37-40-38(26-20-22-36-32(23-26)31-16-8-10-18-35(31)44-36)42-39(41-37)27-19-21-30-29-15-7-9-17-33(29)43(34(30)24-27)28-13-5-2-6-14-28/h1-24H. The van der Waals surface area contributed by atoms with Crippen LogP contribution >= 0.6 is 0 Å². The minimum absolute atomic E-state index is 0.615. The first kappa shape index (κ1) is 24.5. The molecule has 6 aromatic carbocycles. The van der Waals surface area contributed by atoms with Crippen LogP contribution in [0.1, 0.15) is 0 Å². The average Bonchev–Trinajstić information content (AvgIpc) is 3.64. The Morgan fingerprint density at radius 2 is 0.955 bits per heavy atom. The maximum atomic E-state index is 6.09. The smallest absolute Gasteiger partial charge is 0.164 e. The van der Waals surface area contributed by atoms with Gasteiger partial charge in [-0.2, -0.15) is 0 Å². The lowest BCUT2D eigenvalue weighted by Gasteiger charge is -2.10. The molecule has 0 amide bonds. The summed E-state index contributed by atoms with van der Waals surface area (Å²) in [7, 11) is 0. The van der Waals surface area contributed by atoms with Crippen LogP contribution in [0.3, 0.4) is 0 Å². The average molecular weight is 565 g/mol. The highest BCUT2D eigenvalue weighted by Crippen LogP contribution is 2.36. The maximum absolute atomic E-state index is 6.09. The molecule has 5 heteroatoms. The Bertz CT molecular complexity index is 2490. The monoisotopic (exact) mass is 564 g/mol. The van der Waals surface area contributed by atoms with Gasteiger partial charge in [-0.3, -0.25) is 0 Å². The molecule has 0 aliphatic carbocycles. The highest BCUT2D eigenvalue weighted by molar-refractivity contribution is 6.10. The molecule has 206 valence electrons. The van der Waals surface area contributed by atoms with E-state index < -0.39 is 0 Å². The largest absolute Gasteiger partial charge is 0.456 e. The lowest BCUT2D eigenvalue weighted by atomic mass is 10.1. The van der Waals surface area contributed by atoms with Crippen LogP contribution in [-0.2, 0) is 0 Å². The summed E-state index contributed by atoms with van der Waals surface area (Å²) < 4.78 is 8.40. The molecule has 44 heavy (non-hydrogen) atoms. The summed E-state index contributed by atoms with van der Waals surface area (Å²) in [6, 6.07) is 49.8. The molecule has 0 unspecified atom stereocenters. The Hall–Kier alpha value is -6.07. The Kier molecular flexibility index (Phi) is 5.43. The van der Waals surface area contributed by atoms with E-state index in [-0.39, 0.29) is 0 Å². The first-order valence-corrected chi connectivity index (χ1v) is 14.6. The second-order valence-corrected chi connectivity index (χ2v) is 10.9. The number of aromatic nitrogens is 4. The van der Waals surface area contributed by atoms with E-state index in [9.17, 15) is 0 Å². The molecular formula is C39H24N4O. The van der Waals surface area contributed by atoms with Crippen LogP contribution in [0.4, 0.5) is 0 Å². The van der Waals surface area contributed by atoms with Crippen molar-refractivity contribution >= 4 is 43.7 Å². The zero-order chi connectivity index (χ0) is 29.0. The zero-order valence-electron chi connectivity index (χ0n) is 23.6. The third kappa shape index (κ3) is 3.91. The van der Waals surface area contributed by atoms with E-state index in [2.05, 4.69) is 83.4 Å². The van der Waals surface area contributed by atoms with Gasteiger partial charge in [0.25, 0.3) is 0 Å². The lowest BCUT2D eigenvalue weighted by molar-refractivity contribution is 0.669. The van der Waals surface area contributed by atoms with E-state index in [0.717, 1.165) is 55.3 Å². The molecule has 0 fully saturated rings. The highest BCUT2D eigenvalue weighted by Gasteiger charge is 2.17. The summed E-state index contributed by atoms with van der Waals surface area (Å²) >= 11 is 0. The number of hydrogen-bond acceptors (Lipinski definition) is 4. The van der Waals surface area contributed by atoms with Gasteiger partial charge >= 0.3 is 0 Å².